The Hall–Kier alpha value is -1.39. The zero-order valence-corrected chi connectivity index (χ0v) is 11.4. The Morgan fingerprint density at radius 3 is 2.89 bits per heavy atom. The van der Waals surface area contributed by atoms with Gasteiger partial charge < -0.3 is 5.32 Å². The number of rotatable bonds is 5. The van der Waals surface area contributed by atoms with E-state index < -0.39 is 0 Å². The van der Waals surface area contributed by atoms with Crippen LogP contribution in [0.1, 0.15) is 31.1 Å². The summed E-state index contributed by atoms with van der Waals surface area (Å²) in [7, 11) is 0. The average molecular weight is 265 g/mol. The van der Waals surface area contributed by atoms with Crippen molar-refractivity contribution >= 4 is 11.6 Å². The molecule has 0 saturated carbocycles. The van der Waals surface area contributed by atoms with Crippen molar-refractivity contribution in [1.82, 2.24) is 20.1 Å². The number of nitrogens with zero attached hydrogens (tertiary/aromatic N) is 3. The van der Waals surface area contributed by atoms with Gasteiger partial charge in [0.15, 0.2) is 0 Å². The van der Waals surface area contributed by atoms with Crippen LogP contribution in [0.5, 0.6) is 0 Å². The SMILES string of the molecule is CCNC(c1cnn(CC)c1)c1ncccc1Cl. The molecule has 0 amide bonds. The molecule has 1 atom stereocenters. The first-order chi connectivity index (χ1) is 8.76. The molecule has 0 fully saturated rings. The minimum Gasteiger partial charge on any atom is -0.305 e. The third-order valence-corrected chi connectivity index (χ3v) is 3.10. The Bertz CT molecular complexity index is 509. The molecule has 2 rings (SSSR count). The van der Waals surface area contributed by atoms with Crippen LogP contribution in [0.4, 0.5) is 0 Å². The van der Waals surface area contributed by atoms with Gasteiger partial charge >= 0.3 is 0 Å². The van der Waals surface area contributed by atoms with Crippen molar-refractivity contribution in [2.45, 2.75) is 26.4 Å². The zero-order chi connectivity index (χ0) is 13.0. The van der Waals surface area contributed by atoms with E-state index in [1.165, 1.54) is 0 Å². The molecule has 0 spiro atoms. The monoisotopic (exact) mass is 264 g/mol. The quantitative estimate of drug-likeness (QED) is 0.903. The fourth-order valence-electron chi connectivity index (χ4n) is 1.89. The summed E-state index contributed by atoms with van der Waals surface area (Å²) in [5.41, 5.74) is 1.93. The molecule has 0 aliphatic rings. The topological polar surface area (TPSA) is 42.7 Å². The Kier molecular flexibility index (Phi) is 4.33. The second kappa shape index (κ2) is 5.98. The van der Waals surface area contributed by atoms with Crippen LogP contribution in [0.3, 0.4) is 0 Å². The molecule has 0 bridgehead atoms. The maximum atomic E-state index is 6.22. The molecule has 2 aromatic heterocycles. The highest BCUT2D eigenvalue weighted by molar-refractivity contribution is 6.31. The molecule has 5 heteroatoms. The van der Waals surface area contributed by atoms with Crippen LogP contribution in [-0.4, -0.2) is 21.3 Å². The number of aryl methyl sites for hydroxylation is 1. The van der Waals surface area contributed by atoms with Crippen LogP contribution >= 0.6 is 11.6 Å². The summed E-state index contributed by atoms with van der Waals surface area (Å²) in [6.45, 7) is 5.82. The van der Waals surface area contributed by atoms with E-state index in [-0.39, 0.29) is 6.04 Å². The van der Waals surface area contributed by atoms with Crippen LogP contribution in [0.15, 0.2) is 30.7 Å². The van der Waals surface area contributed by atoms with Gasteiger partial charge in [0.05, 0.1) is 23.0 Å². The Labute approximate surface area is 112 Å². The summed E-state index contributed by atoms with van der Waals surface area (Å²) >= 11 is 6.22. The number of nitrogens with one attached hydrogen (secondary N) is 1. The third-order valence-electron chi connectivity index (χ3n) is 2.78. The Balaban J connectivity index is 2.36. The molecule has 96 valence electrons. The molecule has 1 unspecified atom stereocenters. The molecule has 2 heterocycles. The van der Waals surface area contributed by atoms with Gasteiger partial charge in [-0.2, -0.15) is 5.10 Å². The van der Waals surface area contributed by atoms with Gasteiger partial charge in [-0.1, -0.05) is 18.5 Å². The highest BCUT2D eigenvalue weighted by atomic mass is 35.5. The van der Waals surface area contributed by atoms with Crippen LogP contribution < -0.4 is 5.32 Å². The van der Waals surface area contributed by atoms with Gasteiger partial charge in [0.1, 0.15) is 0 Å². The number of hydrogen-bond acceptors (Lipinski definition) is 3. The fourth-order valence-corrected chi connectivity index (χ4v) is 2.12. The average Bonchev–Trinajstić information content (AvgIpc) is 2.85. The highest BCUT2D eigenvalue weighted by Crippen LogP contribution is 2.25. The molecule has 0 aromatic carbocycles. The fraction of sp³-hybridized carbons (Fsp3) is 0.385. The van der Waals surface area contributed by atoms with Gasteiger partial charge in [0.25, 0.3) is 0 Å². The first kappa shape index (κ1) is 13.1. The van der Waals surface area contributed by atoms with Crippen molar-refractivity contribution in [3.63, 3.8) is 0 Å². The van der Waals surface area contributed by atoms with E-state index >= 15 is 0 Å². The maximum Gasteiger partial charge on any atom is 0.0805 e. The summed E-state index contributed by atoms with van der Waals surface area (Å²) in [5, 5.41) is 8.37. The smallest absolute Gasteiger partial charge is 0.0805 e. The Morgan fingerprint density at radius 2 is 2.28 bits per heavy atom. The largest absolute Gasteiger partial charge is 0.305 e. The first-order valence-electron chi connectivity index (χ1n) is 6.12. The van der Waals surface area contributed by atoms with Crippen molar-refractivity contribution in [2.24, 2.45) is 0 Å². The summed E-state index contributed by atoms with van der Waals surface area (Å²) in [6, 6.07) is 3.69. The lowest BCUT2D eigenvalue weighted by Gasteiger charge is -2.16. The first-order valence-corrected chi connectivity index (χ1v) is 6.50. The van der Waals surface area contributed by atoms with Gasteiger partial charge in [-0.3, -0.25) is 9.67 Å². The normalized spacial score (nSPS) is 12.6. The van der Waals surface area contributed by atoms with E-state index in [1.807, 2.05) is 29.2 Å². The lowest BCUT2D eigenvalue weighted by Crippen LogP contribution is -2.23. The van der Waals surface area contributed by atoms with E-state index in [0.29, 0.717) is 5.02 Å². The molecule has 18 heavy (non-hydrogen) atoms. The molecular weight excluding hydrogens is 248 g/mol. The van der Waals surface area contributed by atoms with E-state index in [1.54, 1.807) is 6.20 Å². The van der Waals surface area contributed by atoms with Crippen LogP contribution in [-0.2, 0) is 6.54 Å². The van der Waals surface area contributed by atoms with Crippen molar-refractivity contribution in [3.05, 3.63) is 47.0 Å². The van der Waals surface area contributed by atoms with Crippen molar-refractivity contribution < 1.29 is 0 Å². The van der Waals surface area contributed by atoms with Crippen LogP contribution in [0, 0.1) is 0 Å². The minimum atomic E-state index is -0.0102. The molecule has 2 aromatic rings. The van der Waals surface area contributed by atoms with E-state index in [4.69, 9.17) is 11.6 Å². The lowest BCUT2D eigenvalue weighted by atomic mass is 10.1. The number of aromatic nitrogens is 3. The van der Waals surface area contributed by atoms with E-state index in [2.05, 4.69) is 29.2 Å². The predicted octanol–water partition coefficient (Wildman–Crippen LogP) is 2.65. The summed E-state index contributed by atoms with van der Waals surface area (Å²) in [5.74, 6) is 0. The van der Waals surface area contributed by atoms with Crippen molar-refractivity contribution in [3.8, 4) is 0 Å². The van der Waals surface area contributed by atoms with Gasteiger partial charge in [-0.15, -0.1) is 0 Å². The standard InChI is InChI=1S/C13H17ClN4/c1-3-15-12(10-8-17-18(4-2)9-10)13-11(14)6-5-7-16-13/h5-9,12,15H,3-4H2,1-2H3. The second-order valence-corrected chi connectivity index (χ2v) is 4.40. The van der Waals surface area contributed by atoms with E-state index in [0.717, 1.165) is 24.3 Å². The van der Waals surface area contributed by atoms with Gasteiger partial charge in [-0.05, 0) is 25.6 Å². The molecule has 0 saturated heterocycles. The minimum absolute atomic E-state index is 0.0102. The van der Waals surface area contributed by atoms with E-state index in [9.17, 15) is 0 Å². The number of halogens is 1. The Morgan fingerprint density at radius 1 is 1.44 bits per heavy atom. The van der Waals surface area contributed by atoms with Crippen molar-refractivity contribution in [1.29, 1.82) is 0 Å². The third kappa shape index (κ3) is 2.71. The molecule has 1 N–H and O–H groups in total. The summed E-state index contributed by atoms with van der Waals surface area (Å²) in [4.78, 5) is 4.38. The summed E-state index contributed by atoms with van der Waals surface area (Å²) in [6.07, 6.45) is 5.65. The maximum absolute atomic E-state index is 6.22. The van der Waals surface area contributed by atoms with Crippen molar-refractivity contribution in [2.75, 3.05) is 6.54 Å². The van der Waals surface area contributed by atoms with Crippen LogP contribution in [0.25, 0.3) is 0 Å². The molecule has 0 radical (unpaired) electrons. The summed E-state index contributed by atoms with van der Waals surface area (Å²) < 4.78 is 1.90. The molecular formula is C13H17ClN4. The second-order valence-electron chi connectivity index (χ2n) is 3.99. The molecule has 0 aliphatic heterocycles. The predicted molar refractivity (Wildman–Crippen MR) is 72.7 cm³/mol. The number of hydrogen-bond donors (Lipinski definition) is 1. The zero-order valence-electron chi connectivity index (χ0n) is 10.6. The molecule has 0 aliphatic carbocycles. The van der Waals surface area contributed by atoms with Crippen LogP contribution in [0.2, 0.25) is 5.02 Å². The van der Waals surface area contributed by atoms with Gasteiger partial charge in [-0.25, -0.2) is 0 Å². The number of pyridine rings is 1. The molecule has 4 nitrogen and oxygen atoms in total. The van der Waals surface area contributed by atoms with Gasteiger partial charge in [0, 0.05) is 24.5 Å². The van der Waals surface area contributed by atoms with Gasteiger partial charge in [0.2, 0.25) is 0 Å². The lowest BCUT2D eigenvalue weighted by molar-refractivity contribution is 0.612. The highest BCUT2D eigenvalue weighted by Gasteiger charge is 2.18.